The van der Waals surface area contributed by atoms with Gasteiger partial charge in [0.1, 0.15) is 24.4 Å². The molecule has 2 saturated heterocycles. The van der Waals surface area contributed by atoms with Crippen LogP contribution in [0.1, 0.15) is 85.5 Å². The summed E-state index contributed by atoms with van der Waals surface area (Å²) in [6.45, 7) is 8.67. The molecule has 10 heteroatoms. The van der Waals surface area contributed by atoms with Gasteiger partial charge in [0, 0.05) is 12.3 Å². The number of fused-ring (bicyclic) bond motifs is 7. The van der Waals surface area contributed by atoms with Crippen molar-refractivity contribution in [3.05, 3.63) is 0 Å². The highest BCUT2D eigenvalue weighted by Crippen LogP contribution is 2.70. The third-order valence-electron chi connectivity index (χ3n) is 13.8. The van der Waals surface area contributed by atoms with Crippen LogP contribution in [0.4, 0.5) is 0 Å². The van der Waals surface area contributed by atoms with Gasteiger partial charge in [0.2, 0.25) is 0 Å². The summed E-state index contributed by atoms with van der Waals surface area (Å²) in [6.07, 6.45) is 0.335. The second kappa shape index (κ2) is 11.7. The molecule has 0 unspecified atom stereocenters. The summed E-state index contributed by atoms with van der Waals surface area (Å²) < 4.78 is 17.8. The minimum absolute atomic E-state index is 0.00620. The first-order valence-corrected chi connectivity index (χ1v) is 16.9. The first kappa shape index (κ1) is 32.5. The monoisotopic (exact) mass is 612 g/mol. The van der Waals surface area contributed by atoms with E-state index in [0.29, 0.717) is 49.4 Å². The van der Waals surface area contributed by atoms with Crippen LogP contribution in [0.2, 0.25) is 0 Å². The number of hydrogen-bond acceptors (Lipinski definition) is 10. The molecule has 6 rings (SSSR count). The van der Waals surface area contributed by atoms with E-state index in [9.17, 15) is 35.7 Å². The summed E-state index contributed by atoms with van der Waals surface area (Å²) in [5.74, 6) is 1.23. The lowest BCUT2D eigenvalue weighted by atomic mass is 9.44. The Hall–Kier alpha value is -0.400. The van der Waals surface area contributed by atoms with E-state index >= 15 is 0 Å². The zero-order chi connectivity index (χ0) is 31.1. The normalized spacial score (nSPS) is 57.0. The molecule has 0 aromatic heterocycles. The van der Waals surface area contributed by atoms with Crippen LogP contribution in [-0.4, -0.2) is 104 Å². The van der Waals surface area contributed by atoms with Crippen LogP contribution in [0.15, 0.2) is 0 Å². The number of aliphatic hydroxyl groups excluding tert-OH is 6. The molecule has 0 aromatic carbocycles. The van der Waals surface area contributed by atoms with E-state index in [1.807, 2.05) is 6.92 Å². The van der Waals surface area contributed by atoms with Gasteiger partial charge in [-0.15, -0.1) is 0 Å². The SMILES string of the molecule is C[C@H](CC[C@]1(O)O[C@H]2C[C@H]3[C@@H]4CC[C@H]5C[C@@H](O)[C@H](O)C[C@]5(C)[C@H]4CC[C@]3(C)[C@H]2[C@@H]1C)CO[C@@H]1O[C@H](CO)[C@@H](O)[C@H](O)[C@H]1O. The molecule has 2 aliphatic heterocycles. The highest BCUT2D eigenvalue weighted by atomic mass is 16.7. The third kappa shape index (κ3) is 5.24. The fraction of sp³-hybridized carbons (Fsp3) is 1.00. The molecular weight excluding hydrogens is 556 g/mol. The van der Waals surface area contributed by atoms with Crippen molar-refractivity contribution in [1.82, 2.24) is 0 Å². The van der Waals surface area contributed by atoms with Gasteiger partial charge in [-0.05, 0) is 97.7 Å². The summed E-state index contributed by atoms with van der Waals surface area (Å²) in [4.78, 5) is 0. The lowest BCUT2D eigenvalue weighted by Crippen LogP contribution is -2.59. The molecule has 0 bridgehead atoms. The molecule has 7 N–H and O–H groups in total. The van der Waals surface area contributed by atoms with E-state index in [4.69, 9.17) is 14.2 Å². The molecule has 4 saturated carbocycles. The molecule has 248 valence electrons. The van der Waals surface area contributed by atoms with Crippen molar-refractivity contribution in [1.29, 1.82) is 0 Å². The standard InChI is InChI=1S/C33H56O10/c1-16(15-41-30-29(39)28(38)27(37)25(14-34)42-30)7-10-33(40)17(2)26-24(43-33)12-21-19-6-5-18-11-22(35)23(36)13-32(18,4)20(19)8-9-31(21,26)3/h16-30,34-40H,5-15H2,1-4H3/t16-,17+,18+,19-,20+,21+,22-,23-,24+,25-,26+,27-,28+,29-,30-,31+,32+,33+/m1/s1. The molecule has 4 aliphatic carbocycles. The van der Waals surface area contributed by atoms with E-state index in [0.717, 1.165) is 25.7 Å². The van der Waals surface area contributed by atoms with Crippen molar-refractivity contribution in [3.63, 3.8) is 0 Å². The molecular formula is C33H56O10. The molecule has 0 radical (unpaired) electrons. The summed E-state index contributed by atoms with van der Waals surface area (Å²) >= 11 is 0. The lowest BCUT2D eigenvalue weighted by Gasteiger charge is -2.61. The second-order valence-electron chi connectivity index (χ2n) is 16.0. The Morgan fingerprint density at radius 2 is 1.65 bits per heavy atom. The van der Waals surface area contributed by atoms with E-state index in [-0.39, 0.29) is 41.3 Å². The maximum Gasteiger partial charge on any atom is 0.186 e. The quantitative estimate of drug-likeness (QED) is 0.224. The molecule has 6 fully saturated rings. The van der Waals surface area contributed by atoms with Gasteiger partial charge >= 0.3 is 0 Å². The second-order valence-corrected chi connectivity index (χ2v) is 16.0. The van der Waals surface area contributed by atoms with Gasteiger partial charge in [-0.3, -0.25) is 0 Å². The van der Waals surface area contributed by atoms with E-state index in [1.54, 1.807) is 0 Å². The Balaban J connectivity index is 1.06. The van der Waals surface area contributed by atoms with E-state index in [1.165, 1.54) is 6.42 Å². The van der Waals surface area contributed by atoms with Crippen LogP contribution < -0.4 is 0 Å². The fourth-order valence-corrected chi connectivity index (χ4v) is 11.3. The predicted octanol–water partition coefficient (Wildman–Crippen LogP) is 1.54. The molecule has 43 heavy (non-hydrogen) atoms. The van der Waals surface area contributed by atoms with Gasteiger partial charge in [-0.1, -0.05) is 27.7 Å². The zero-order valence-electron chi connectivity index (χ0n) is 26.3. The van der Waals surface area contributed by atoms with Crippen LogP contribution in [0.5, 0.6) is 0 Å². The van der Waals surface area contributed by atoms with Crippen molar-refractivity contribution in [2.45, 2.75) is 140 Å². The van der Waals surface area contributed by atoms with Gasteiger partial charge in [-0.2, -0.15) is 0 Å². The minimum atomic E-state index is -1.47. The van der Waals surface area contributed by atoms with Crippen LogP contribution in [0.25, 0.3) is 0 Å². The lowest BCUT2D eigenvalue weighted by molar-refractivity contribution is -0.303. The Morgan fingerprint density at radius 3 is 2.37 bits per heavy atom. The van der Waals surface area contributed by atoms with Crippen LogP contribution >= 0.6 is 0 Å². The average molecular weight is 613 g/mol. The maximum atomic E-state index is 11.8. The Morgan fingerprint density at radius 1 is 0.907 bits per heavy atom. The van der Waals surface area contributed by atoms with Gasteiger partial charge in [-0.25, -0.2) is 0 Å². The highest BCUT2D eigenvalue weighted by molar-refractivity contribution is 5.15. The Bertz CT molecular complexity index is 997. The summed E-state index contributed by atoms with van der Waals surface area (Å²) in [5.41, 5.74) is 0.172. The molecule has 0 aromatic rings. The average Bonchev–Trinajstić information content (AvgIpc) is 3.40. The van der Waals surface area contributed by atoms with Crippen molar-refractivity contribution in [2.24, 2.45) is 52.3 Å². The first-order chi connectivity index (χ1) is 20.2. The number of aliphatic hydroxyl groups is 7. The molecule has 18 atom stereocenters. The van der Waals surface area contributed by atoms with Gasteiger partial charge in [0.25, 0.3) is 0 Å². The number of rotatable bonds is 7. The molecule has 10 nitrogen and oxygen atoms in total. The van der Waals surface area contributed by atoms with Gasteiger partial charge in [0.15, 0.2) is 12.1 Å². The fourth-order valence-electron chi connectivity index (χ4n) is 11.3. The Kier molecular flexibility index (Phi) is 8.84. The summed E-state index contributed by atoms with van der Waals surface area (Å²) in [5, 5.41) is 72.5. The minimum Gasteiger partial charge on any atom is -0.394 e. The molecule has 0 amide bonds. The maximum absolute atomic E-state index is 11.8. The van der Waals surface area contributed by atoms with Crippen molar-refractivity contribution >= 4 is 0 Å². The molecule has 0 spiro atoms. The molecule has 2 heterocycles. The van der Waals surface area contributed by atoms with Crippen molar-refractivity contribution in [2.75, 3.05) is 13.2 Å². The first-order valence-electron chi connectivity index (χ1n) is 16.9. The number of hydrogen-bond donors (Lipinski definition) is 7. The van der Waals surface area contributed by atoms with Crippen LogP contribution in [0, 0.1) is 52.3 Å². The van der Waals surface area contributed by atoms with Crippen molar-refractivity contribution < 1.29 is 50.0 Å². The zero-order valence-corrected chi connectivity index (χ0v) is 26.3. The topological polar surface area (TPSA) is 169 Å². The highest BCUT2D eigenvalue weighted by Gasteiger charge is 2.68. The largest absolute Gasteiger partial charge is 0.394 e. The third-order valence-corrected chi connectivity index (χ3v) is 13.8. The predicted molar refractivity (Wildman–Crippen MR) is 155 cm³/mol. The van der Waals surface area contributed by atoms with Gasteiger partial charge < -0.3 is 50.0 Å². The molecule has 6 aliphatic rings. The van der Waals surface area contributed by atoms with Crippen molar-refractivity contribution in [3.8, 4) is 0 Å². The van der Waals surface area contributed by atoms with Gasteiger partial charge in [0.05, 0.1) is 31.5 Å². The number of ether oxygens (including phenoxy) is 3. The van der Waals surface area contributed by atoms with E-state index in [2.05, 4.69) is 20.8 Å². The van der Waals surface area contributed by atoms with E-state index < -0.39 is 55.3 Å². The van der Waals surface area contributed by atoms with Crippen LogP contribution in [0.3, 0.4) is 0 Å². The Labute approximate surface area is 255 Å². The summed E-state index contributed by atoms with van der Waals surface area (Å²) in [7, 11) is 0. The smallest absolute Gasteiger partial charge is 0.186 e. The summed E-state index contributed by atoms with van der Waals surface area (Å²) in [6, 6.07) is 0. The van der Waals surface area contributed by atoms with Crippen LogP contribution in [-0.2, 0) is 14.2 Å².